The van der Waals surface area contributed by atoms with Crippen molar-refractivity contribution < 1.29 is 4.74 Å². The third-order valence-electron chi connectivity index (χ3n) is 3.11. The topological polar surface area (TPSA) is 34.1 Å². The van der Waals surface area contributed by atoms with Crippen molar-refractivity contribution in [2.45, 2.75) is 39.8 Å². The predicted octanol–water partition coefficient (Wildman–Crippen LogP) is 3.93. The number of para-hydroxylation sites is 1. The molecule has 0 aliphatic heterocycles. The van der Waals surface area contributed by atoms with Gasteiger partial charge in [-0.2, -0.15) is 0 Å². The molecule has 2 rings (SSSR count). The molecule has 20 heavy (non-hydrogen) atoms. The van der Waals surface area contributed by atoms with Crippen LogP contribution in [-0.4, -0.2) is 11.0 Å². The molecule has 1 N–H and O–H groups in total. The lowest BCUT2D eigenvalue weighted by atomic mass is 10.1. The number of nitrogens with zero attached hydrogens (tertiary/aromatic N) is 1. The number of pyridine rings is 1. The normalized spacial score (nSPS) is 10.8. The standard InChI is InChI=1S/C17H22N2O/c1-4-14-8-5-6-10-16(14)20-17-15(9-7-11-18-17)12-19-13(2)3/h5-11,13,19H,4,12H2,1-3H3. The Kier molecular flexibility index (Phi) is 5.13. The molecule has 0 saturated heterocycles. The number of aromatic nitrogens is 1. The van der Waals surface area contributed by atoms with Crippen LogP contribution in [0.1, 0.15) is 31.9 Å². The first-order valence-corrected chi connectivity index (χ1v) is 7.13. The molecule has 0 amide bonds. The van der Waals surface area contributed by atoms with Gasteiger partial charge in [0.25, 0.3) is 0 Å². The summed E-state index contributed by atoms with van der Waals surface area (Å²) < 4.78 is 6.01. The van der Waals surface area contributed by atoms with Gasteiger partial charge in [0.05, 0.1) is 0 Å². The zero-order chi connectivity index (χ0) is 14.4. The maximum atomic E-state index is 6.01. The minimum atomic E-state index is 0.436. The average Bonchev–Trinajstić information content (AvgIpc) is 2.47. The lowest BCUT2D eigenvalue weighted by Gasteiger charge is -2.14. The SMILES string of the molecule is CCc1ccccc1Oc1ncccc1CNC(C)C. The molecule has 2 aromatic rings. The number of ether oxygens (including phenoxy) is 1. The van der Waals surface area contributed by atoms with Crippen molar-refractivity contribution in [1.29, 1.82) is 0 Å². The highest BCUT2D eigenvalue weighted by atomic mass is 16.5. The molecule has 0 saturated carbocycles. The number of benzene rings is 1. The van der Waals surface area contributed by atoms with Crippen LogP contribution in [0.3, 0.4) is 0 Å². The number of rotatable bonds is 6. The quantitative estimate of drug-likeness (QED) is 0.863. The summed E-state index contributed by atoms with van der Waals surface area (Å²) in [7, 11) is 0. The molecular formula is C17H22N2O. The van der Waals surface area contributed by atoms with Crippen LogP contribution in [0.25, 0.3) is 0 Å². The van der Waals surface area contributed by atoms with Crippen LogP contribution in [0.5, 0.6) is 11.6 Å². The summed E-state index contributed by atoms with van der Waals surface area (Å²) >= 11 is 0. The summed E-state index contributed by atoms with van der Waals surface area (Å²) in [5.74, 6) is 1.57. The first-order valence-electron chi connectivity index (χ1n) is 7.13. The first kappa shape index (κ1) is 14.5. The number of aryl methyl sites for hydroxylation is 1. The van der Waals surface area contributed by atoms with Crippen LogP contribution in [-0.2, 0) is 13.0 Å². The summed E-state index contributed by atoms with van der Waals surface area (Å²) in [6.45, 7) is 7.14. The summed E-state index contributed by atoms with van der Waals surface area (Å²) in [5.41, 5.74) is 2.27. The second-order valence-electron chi connectivity index (χ2n) is 5.07. The van der Waals surface area contributed by atoms with E-state index in [4.69, 9.17) is 4.74 Å². The number of hydrogen-bond donors (Lipinski definition) is 1. The predicted molar refractivity (Wildman–Crippen MR) is 82.1 cm³/mol. The molecule has 0 aliphatic rings. The fourth-order valence-electron chi connectivity index (χ4n) is 1.96. The fraction of sp³-hybridized carbons (Fsp3) is 0.353. The van der Waals surface area contributed by atoms with E-state index >= 15 is 0 Å². The van der Waals surface area contributed by atoms with Crippen LogP contribution in [0.15, 0.2) is 42.6 Å². The number of nitrogens with one attached hydrogen (secondary N) is 1. The largest absolute Gasteiger partial charge is 0.438 e. The average molecular weight is 270 g/mol. The summed E-state index contributed by atoms with van der Waals surface area (Å²) in [5, 5.41) is 3.40. The van der Waals surface area contributed by atoms with Gasteiger partial charge in [-0.3, -0.25) is 0 Å². The molecule has 0 spiro atoms. The molecule has 1 aromatic heterocycles. The second kappa shape index (κ2) is 7.06. The Morgan fingerprint density at radius 1 is 1.10 bits per heavy atom. The molecule has 106 valence electrons. The third-order valence-corrected chi connectivity index (χ3v) is 3.11. The minimum absolute atomic E-state index is 0.436. The van der Waals surface area contributed by atoms with Crippen molar-refractivity contribution in [2.24, 2.45) is 0 Å². The van der Waals surface area contributed by atoms with E-state index < -0.39 is 0 Å². The van der Waals surface area contributed by atoms with Crippen LogP contribution in [0.4, 0.5) is 0 Å². The Balaban J connectivity index is 2.20. The molecular weight excluding hydrogens is 248 g/mol. The maximum Gasteiger partial charge on any atom is 0.223 e. The van der Waals surface area contributed by atoms with Gasteiger partial charge in [-0.15, -0.1) is 0 Å². The summed E-state index contributed by atoms with van der Waals surface area (Å²) in [6, 6.07) is 12.5. The van der Waals surface area contributed by atoms with E-state index in [1.807, 2.05) is 30.3 Å². The van der Waals surface area contributed by atoms with E-state index in [-0.39, 0.29) is 0 Å². The molecule has 0 atom stereocenters. The van der Waals surface area contributed by atoms with E-state index in [1.165, 1.54) is 5.56 Å². The van der Waals surface area contributed by atoms with Gasteiger partial charge < -0.3 is 10.1 Å². The van der Waals surface area contributed by atoms with Crippen LogP contribution in [0.2, 0.25) is 0 Å². The smallest absolute Gasteiger partial charge is 0.223 e. The van der Waals surface area contributed by atoms with E-state index in [1.54, 1.807) is 6.20 Å². The maximum absolute atomic E-state index is 6.01. The molecule has 1 heterocycles. The Labute approximate surface area is 121 Å². The molecule has 1 aromatic carbocycles. The Morgan fingerprint density at radius 2 is 1.85 bits per heavy atom. The van der Waals surface area contributed by atoms with Gasteiger partial charge >= 0.3 is 0 Å². The van der Waals surface area contributed by atoms with Crippen LogP contribution >= 0.6 is 0 Å². The van der Waals surface area contributed by atoms with Gasteiger partial charge in [-0.1, -0.05) is 45.0 Å². The van der Waals surface area contributed by atoms with Crippen molar-refractivity contribution in [2.75, 3.05) is 0 Å². The molecule has 0 aliphatic carbocycles. The Bertz CT molecular complexity index is 552. The molecule has 0 unspecified atom stereocenters. The monoisotopic (exact) mass is 270 g/mol. The van der Waals surface area contributed by atoms with Crippen molar-refractivity contribution >= 4 is 0 Å². The minimum Gasteiger partial charge on any atom is -0.438 e. The van der Waals surface area contributed by atoms with Gasteiger partial charge in [0.2, 0.25) is 5.88 Å². The Morgan fingerprint density at radius 3 is 2.60 bits per heavy atom. The van der Waals surface area contributed by atoms with Gasteiger partial charge in [-0.25, -0.2) is 4.98 Å². The van der Waals surface area contributed by atoms with E-state index in [2.05, 4.69) is 37.1 Å². The zero-order valence-electron chi connectivity index (χ0n) is 12.4. The molecule has 3 nitrogen and oxygen atoms in total. The van der Waals surface area contributed by atoms with Crippen molar-refractivity contribution in [3.8, 4) is 11.6 Å². The van der Waals surface area contributed by atoms with Crippen LogP contribution in [0, 0.1) is 0 Å². The van der Waals surface area contributed by atoms with Gasteiger partial charge in [0, 0.05) is 24.3 Å². The third kappa shape index (κ3) is 3.81. The summed E-state index contributed by atoms with van der Waals surface area (Å²) in [6.07, 6.45) is 2.71. The molecule has 0 bridgehead atoms. The molecule has 3 heteroatoms. The highest BCUT2D eigenvalue weighted by molar-refractivity contribution is 5.38. The molecule has 0 fully saturated rings. The molecule has 0 radical (unpaired) electrons. The van der Waals surface area contributed by atoms with Crippen molar-refractivity contribution in [3.63, 3.8) is 0 Å². The van der Waals surface area contributed by atoms with E-state index in [9.17, 15) is 0 Å². The lowest BCUT2D eigenvalue weighted by molar-refractivity contribution is 0.445. The second-order valence-corrected chi connectivity index (χ2v) is 5.07. The fourth-order valence-corrected chi connectivity index (χ4v) is 1.96. The first-order chi connectivity index (χ1) is 9.70. The van der Waals surface area contributed by atoms with Crippen molar-refractivity contribution in [3.05, 3.63) is 53.7 Å². The highest BCUT2D eigenvalue weighted by Crippen LogP contribution is 2.26. The van der Waals surface area contributed by atoms with E-state index in [0.717, 1.165) is 24.3 Å². The van der Waals surface area contributed by atoms with Gasteiger partial charge in [-0.05, 0) is 24.1 Å². The van der Waals surface area contributed by atoms with Gasteiger partial charge in [0.1, 0.15) is 5.75 Å². The van der Waals surface area contributed by atoms with Gasteiger partial charge in [0.15, 0.2) is 0 Å². The van der Waals surface area contributed by atoms with Crippen molar-refractivity contribution in [1.82, 2.24) is 10.3 Å². The zero-order valence-corrected chi connectivity index (χ0v) is 12.4. The van der Waals surface area contributed by atoms with E-state index in [0.29, 0.717) is 11.9 Å². The Hall–Kier alpha value is -1.87. The van der Waals surface area contributed by atoms with Crippen LogP contribution < -0.4 is 10.1 Å². The highest BCUT2D eigenvalue weighted by Gasteiger charge is 2.08. The lowest BCUT2D eigenvalue weighted by Crippen LogP contribution is -2.22. The number of hydrogen-bond acceptors (Lipinski definition) is 3. The summed E-state index contributed by atoms with van der Waals surface area (Å²) in [4.78, 5) is 4.37.